The zero-order valence-electron chi connectivity index (χ0n) is 20.2. The van der Waals surface area contributed by atoms with Crippen molar-refractivity contribution in [2.24, 2.45) is 0 Å². The maximum Gasteiger partial charge on any atom is 0.330 e. The third-order valence-electron chi connectivity index (χ3n) is 5.77. The number of hydrogen-bond acceptors (Lipinski definition) is 4. The first kappa shape index (κ1) is 23.8. The molecule has 4 aromatic carbocycles. The van der Waals surface area contributed by atoms with E-state index < -0.39 is 5.97 Å². The predicted octanol–water partition coefficient (Wildman–Crippen LogP) is 6.84. The van der Waals surface area contributed by atoms with Crippen LogP contribution in [0.3, 0.4) is 0 Å². The van der Waals surface area contributed by atoms with E-state index in [1.807, 2.05) is 89.7 Å². The van der Waals surface area contributed by atoms with Crippen molar-refractivity contribution in [2.75, 3.05) is 13.2 Å². The molecule has 5 nitrogen and oxygen atoms in total. The molecule has 1 heterocycles. The second-order valence-corrected chi connectivity index (χ2v) is 8.32. The molecule has 0 saturated carbocycles. The molecule has 0 saturated heterocycles. The van der Waals surface area contributed by atoms with Crippen LogP contribution >= 0.6 is 0 Å². The average Bonchev–Trinajstić information content (AvgIpc) is 3.40. The van der Waals surface area contributed by atoms with E-state index in [4.69, 9.17) is 14.6 Å². The van der Waals surface area contributed by atoms with E-state index in [2.05, 4.69) is 36.4 Å². The number of ether oxygens (including phenoxy) is 2. The van der Waals surface area contributed by atoms with E-state index in [-0.39, 0.29) is 13.2 Å². The van der Waals surface area contributed by atoms with Gasteiger partial charge in [-0.1, -0.05) is 91.0 Å². The molecule has 1 aromatic heterocycles. The number of rotatable bonds is 9. The van der Waals surface area contributed by atoms with Crippen LogP contribution in [-0.2, 0) is 9.53 Å². The summed E-state index contributed by atoms with van der Waals surface area (Å²) in [6.07, 6.45) is 5.09. The van der Waals surface area contributed by atoms with Gasteiger partial charge in [0.1, 0.15) is 19.0 Å². The lowest BCUT2D eigenvalue weighted by atomic mass is 10.0. The van der Waals surface area contributed by atoms with Gasteiger partial charge in [-0.25, -0.2) is 9.48 Å². The van der Waals surface area contributed by atoms with Gasteiger partial charge in [0.15, 0.2) is 0 Å². The van der Waals surface area contributed by atoms with Crippen LogP contribution in [-0.4, -0.2) is 29.0 Å². The lowest BCUT2D eigenvalue weighted by Gasteiger charge is -2.05. The van der Waals surface area contributed by atoms with E-state index in [9.17, 15) is 4.79 Å². The van der Waals surface area contributed by atoms with E-state index in [1.54, 1.807) is 6.08 Å². The largest absolute Gasteiger partial charge is 0.490 e. The van der Waals surface area contributed by atoms with Gasteiger partial charge >= 0.3 is 5.97 Å². The number of aromatic nitrogens is 2. The molecular weight excluding hydrogens is 460 g/mol. The van der Waals surface area contributed by atoms with Gasteiger partial charge in [0.2, 0.25) is 0 Å². The first-order chi connectivity index (χ1) is 18.3. The van der Waals surface area contributed by atoms with Crippen molar-refractivity contribution >= 4 is 12.0 Å². The summed E-state index contributed by atoms with van der Waals surface area (Å²) in [5, 5.41) is 4.83. The average molecular weight is 487 g/mol. The molecule has 0 atom stereocenters. The number of nitrogens with zero attached hydrogens (tertiary/aromatic N) is 2. The highest BCUT2D eigenvalue weighted by Gasteiger charge is 2.12. The monoisotopic (exact) mass is 486 g/mol. The summed E-state index contributed by atoms with van der Waals surface area (Å²) >= 11 is 0. The van der Waals surface area contributed by atoms with Crippen LogP contribution in [0.5, 0.6) is 5.75 Å². The van der Waals surface area contributed by atoms with Gasteiger partial charge in [-0.05, 0) is 41.5 Å². The standard InChI is InChI=1S/C32H26N2O3/c35-31(37-23-22-36-30-14-8-3-9-15-30)21-20-28-24-34(29-12-6-2-7-13-29)33-32(28)27-18-16-26(17-19-27)25-10-4-1-5-11-25/h1-21,24H,22-23H2. The lowest BCUT2D eigenvalue weighted by molar-refractivity contribution is -0.138. The normalized spacial score (nSPS) is 10.9. The number of carbonyl (C=O) groups is 1. The first-order valence-corrected chi connectivity index (χ1v) is 12.1. The Morgan fingerprint density at radius 1 is 0.703 bits per heavy atom. The number of esters is 1. The highest BCUT2D eigenvalue weighted by atomic mass is 16.6. The molecule has 0 aliphatic carbocycles. The van der Waals surface area contributed by atoms with E-state index in [0.29, 0.717) is 0 Å². The third kappa shape index (κ3) is 6.21. The summed E-state index contributed by atoms with van der Waals surface area (Å²) in [6, 6.07) is 37.8. The van der Waals surface area contributed by atoms with Crippen molar-refractivity contribution in [1.29, 1.82) is 0 Å². The fraction of sp³-hybridized carbons (Fsp3) is 0.0625. The molecule has 0 fully saturated rings. The van der Waals surface area contributed by atoms with Gasteiger partial charge in [0.05, 0.1) is 11.4 Å². The zero-order chi connectivity index (χ0) is 25.3. The van der Waals surface area contributed by atoms with Crippen LogP contribution in [0.4, 0.5) is 0 Å². The molecule has 0 aliphatic rings. The van der Waals surface area contributed by atoms with Crippen LogP contribution in [0.2, 0.25) is 0 Å². The Bertz CT molecular complexity index is 1460. The summed E-state index contributed by atoms with van der Waals surface area (Å²) in [5.74, 6) is 0.305. The Morgan fingerprint density at radius 3 is 2.00 bits per heavy atom. The summed E-state index contributed by atoms with van der Waals surface area (Å²) in [5.41, 5.74) is 5.77. The Kier molecular flexibility index (Phi) is 7.53. The van der Waals surface area contributed by atoms with Gasteiger partial charge < -0.3 is 9.47 Å². The third-order valence-corrected chi connectivity index (χ3v) is 5.77. The predicted molar refractivity (Wildman–Crippen MR) is 146 cm³/mol. The van der Waals surface area contributed by atoms with Crippen molar-refractivity contribution in [3.63, 3.8) is 0 Å². The molecule has 37 heavy (non-hydrogen) atoms. The molecule has 0 amide bonds. The number of hydrogen-bond donors (Lipinski definition) is 0. The minimum absolute atomic E-state index is 0.162. The van der Waals surface area contributed by atoms with Crippen molar-refractivity contribution in [3.05, 3.63) is 133 Å². The fourth-order valence-corrected chi connectivity index (χ4v) is 3.92. The molecule has 0 unspecified atom stereocenters. The highest BCUT2D eigenvalue weighted by Crippen LogP contribution is 2.28. The Hall–Kier alpha value is -4.90. The molecule has 5 heteroatoms. The van der Waals surface area contributed by atoms with E-state index in [0.717, 1.165) is 39.4 Å². The second kappa shape index (κ2) is 11.7. The maximum absolute atomic E-state index is 12.4. The topological polar surface area (TPSA) is 53.4 Å². The molecule has 182 valence electrons. The summed E-state index contributed by atoms with van der Waals surface area (Å²) < 4.78 is 12.7. The quantitative estimate of drug-likeness (QED) is 0.130. The van der Waals surface area contributed by atoms with E-state index >= 15 is 0 Å². The lowest BCUT2D eigenvalue weighted by Crippen LogP contribution is -2.10. The first-order valence-electron chi connectivity index (χ1n) is 12.1. The Morgan fingerprint density at radius 2 is 1.30 bits per heavy atom. The van der Waals surface area contributed by atoms with Crippen LogP contribution in [0.1, 0.15) is 5.56 Å². The molecule has 0 radical (unpaired) electrons. The number of para-hydroxylation sites is 2. The second-order valence-electron chi connectivity index (χ2n) is 8.32. The minimum Gasteiger partial charge on any atom is -0.490 e. The fourth-order valence-electron chi connectivity index (χ4n) is 3.92. The van der Waals surface area contributed by atoms with Crippen LogP contribution in [0.15, 0.2) is 128 Å². The number of benzene rings is 4. The van der Waals surface area contributed by atoms with Crippen LogP contribution in [0, 0.1) is 0 Å². The molecule has 0 bridgehead atoms. The smallest absolute Gasteiger partial charge is 0.330 e. The van der Waals surface area contributed by atoms with Crippen molar-refractivity contribution < 1.29 is 14.3 Å². The van der Waals surface area contributed by atoms with E-state index in [1.165, 1.54) is 6.08 Å². The van der Waals surface area contributed by atoms with Crippen molar-refractivity contribution in [2.45, 2.75) is 0 Å². The summed E-state index contributed by atoms with van der Waals surface area (Å²) in [4.78, 5) is 12.4. The number of carbonyl (C=O) groups excluding carboxylic acids is 1. The van der Waals surface area contributed by atoms with Gasteiger partial charge in [-0.2, -0.15) is 5.10 Å². The summed E-state index contributed by atoms with van der Waals surface area (Å²) in [6.45, 7) is 0.448. The van der Waals surface area contributed by atoms with Gasteiger partial charge in [-0.3, -0.25) is 0 Å². The highest BCUT2D eigenvalue weighted by molar-refractivity contribution is 5.88. The van der Waals surface area contributed by atoms with Crippen molar-refractivity contribution in [1.82, 2.24) is 9.78 Å². The molecule has 5 rings (SSSR count). The molecule has 0 spiro atoms. The summed E-state index contributed by atoms with van der Waals surface area (Å²) in [7, 11) is 0. The SMILES string of the molecule is O=C(C=Cc1cn(-c2ccccc2)nc1-c1ccc(-c2ccccc2)cc1)OCCOc1ccccc1. The minimum atomic E-state index is -0.436. The molecule has 0 aliphatic heterocycles. The van der Waals surface area contributed by atoms with Gasteiger partial charge in [0.25, 0.3) is 0 Å². The zero-order valence-corrected chi connectivity index (χ0v) is 20.2. The Balaban J connectivity index is 1.32. The van der Waals surface area contributed by atoms with Crippen LogP contribution in [0.25, 0.3) is 34.1 Å². The van der Waals surface area contributed by atoms with Gasteiger partial charge in [0, 0.05) is 23.4 Å². The van der Waals surface area contributed by atoms with Gasteiger partial charge in [-0.15, -0.1) is 0 Å². The molecule has 0 N–H and O–H groups in total. The maximum atomic E-state index is 12.4. The van der Waals surface area contributed by atoms with Crippen LogP contribution < -0.4 is 4.74 Å². The molecule has 5 aromatic rings. The molecular formula is C32H26N2O3. The Labute approximate surface area is 216 Å². The van der Waals surface area contributed by atoms with Crippen molar-refractivity contribution in [3.8, 4) is 33.8 Å².